The Kier molecular flexibility index (Phi) is 8.85. The predicted molar refractivity (Wildman–Crippen MR) is 151 cm³/mol. The van der Waals surface area contributed by atoms with E-state index < -0.39 is 5.97 Å². The molecule has 0 unspecified atom stereocenters. The molecule has 1 heterocycles. The lowest BCUT2D eigenvalue weighted by Gasteiger charge is -2.13. The van der Waals surface area contributed by atoms with Crippen molar-refractivity contribution in [3.05, 3.63) is 101 Å². The number of methoxy groups -OCH3 is 2. The lowest BCUT2D eigenvalue weighted by molar-refractivity contribution is 0.0600. The van der Waals surface area contributed by atoms with Crippen LogP contribution in [0.3, 0.4) is 0 Å². The first-order valence-corrected chi connectivity index (χ1v) is 13.2. The third kappa shape index (κ3) is 6.08. The molecular formula is C32H36N2O4. The molecule has 0 radical (unpaired) electrons. The normalized spacial score (nSPS) is 11.1. The molecule has 0 aliphatic heterocycles. The van der Waals surface area contributed by atoms with E-state index in [1.807, 2.05) is 42.5 Å². The fraction of sp³-hybridized carbons (Fsp3) is 0.312. The maximum atomic E-state index is 13.0. The standard InChI is InChI=1S/C32H36N2O4/c1-5-22(6-2)19-33-31(35)25-14-15-29-28(17-25)27(21-34(29)20-23-10-8-7-9-11-23)16-24-12-13-26(32(36)38-4)18-30(24)37-3/h7-15,17-18,21-22H,5-6,16,19-20H2,1-4H3,(H,33,35). The first kappa shape index (κ1) is 27.0. The molecule has 0 atom stereocenters. The molecule has 0 saturated carbocycles. The highest BCUT2D eigenvalue weighted by atomic mass is 16.5. The number of carbonyl (C=O) groups excluding carboxylic acids is 2. The summed E-state index contributed by atoms with van der Waals surface area (Å²) in [6.07, 6.45) is 4.82. The molecule has 0 fully saturated rings. The van der Waals surface area contributed by atoms with Crippen LogP contribution in [0.1, 0.15) is 64.1 Å². The van der Waals surface area contributed by atoms with E-state index in [9.17, 15) is 9.59 Å². The van der Waals surface area contributed by atoms with E-state index in [4.69, 9.17) is 9.47 Å². The summed E-state index contributed by atoms with van der Waals surface area (Å²) in [5.74, 6) is 0.639. The Labute approximate surface area is 224 Å². The fourth-order valence-corrected chi connectivity index (χ4v) is 4.82. The van der Waals surface area contributed by atoms with Crippen molar-refractivity contribution in [3.8, 4) is 5.75 Å². The molecule has 0 spiro atoms. The van der Waals surface area contributed by atoms with Crippen LogP contribution in [0.5, 0.6) is 5.75 Å². The quantitative estimate of drug-likeness (QED) is 0.242. The molecule has 38 heavy (non-hydrogen) atoms. The molecule has 6 heteroatoms. The Morgan fingerprint density at radius 2 is 1.63 bits per heavy atom. The Hall–Kier alpha value is -4.06. The van der Waals surface area contributed by atoms with E-state index in [2.05, 4.69) is 42.1 Å². The maximum absolute atomic E-state index is 13.0. The van der Waals surface area contributed by atoms with Gasteiger partial charge >= 0.3 is 5.97 Å². The summed E-state index contributed by atoms with van der Waals surface area (Å²) in [7, 11) is 2.96. The molecule has 4 aromatic rings. The Morgan fingerprint density at radius 1 is 0.895 bits per heavy atom. The number of hydrogen-bond donors (Lipinski definition) is 1. The van der Waals surface area contributed by atoms with Crippen LogP contribution in [0.25, 0.3) is 10.9 Å². The zero-order valence-corrected chi connectivity index (χ0v) is 22.6. The van der Waals surface area contributed by atoms with Crippen LogP contribution in [0.15, 0.2) is 72.9 Å². The van der Waals surface area contributed by atoms with Crippen LogP contribution in [-0.2, 0) is 17.7 Å². The third-order valence-corrected chi connectivity index (χ3v) is 7.22. The van der Waals surface area contributed by atoms with Gasteiger partial charge in [-0.05, 0) is 52.9 Å². The van der Waals surface area contributed by atoms with Gasteiger partial charge in [-0.3, -0.25) is 4.79 Å². The van der Waals surface area contributed by atoms with Crippen LogP contribution in [0.2, 0.25) is 0 Å². The number of ether oxygens (including phenoxy) is 2. The van der Waals surface area contributed by atoms with Crippen molar-refractivity contribution in [2.75, 3.05) is 20.8 Å². The second-order valence-corrected chi connectivity index (χ2v) is 9.59. The molecule has 0 aliphatic rings. The van der Waals surface area contributed by atoms with Gasteiger partial charge in [0.05, 0.1) is 19.8 Å². The lowest BCUT2D eigenvalue weighted by Crippen LogP contribution is -2.28. The number of rotatable bonds is 11. The van der Waals surface area contributed by atoms with Crippen molar-refractivity contribution >= 4 is 22.8 Å². The van der Waals surface area contributed by atoms with Crippen LogP contribution in [0.4, 0.5) is 0 Å². The number of nitrogens with one attached hydrogen (secondary N) is 1. The molecule has 0 aliphatic carbocycles. The summed E-state index contributed by atoms with van der Waals surface area (Å²) >= 11 is 0. The van der Waals surface area contributed by atoms with Gasteiger partial charge in [0.15, 0.2) is 0 Å². The van der Waals surface area contributed by atoms with Gasteiger partial charge in [-0.1, -0.05) is 63.1 Å². The third-order valence-electron chi connectivity index (χ3n) is 7.22. The summed E-state index contributed by atoms with van der Waals surface area (Å²) in [5, 5.41) is 4.14. The van der Waals surface area contributed by atoms with Gasteiger partial charge in [-0.2, -0.15) is 0 Å². The van der Waals surface area contributed by atoms with Gasteiger partial charge < -0.3 is 19.4 Å². The van der Waals surface area contributed by atoms with Gasteiger partial charge in [0, 0.05) is 42.2 Å². The van der Waals surface area contributed by atoms with Gasteiger partial charge in [-0.15, -0.1) is 0 Å². The first-order chi connectivity index (χ1) is 18.5. The molecule has 3 aromatic carbocycles. The van der Waals surface area contributed by atoms with E-state index in [1.54, 1.807) is 19.2 Å². The molecule has 0 saturated heterocycles. The summed E-state index contributed by atoms with van der Waals surface area (Å²) in [5.41, 5.74) is 5.37. The fourth-order valence-electron chi connectivity index (χ4n) is 4.82. The number of benzene rings is 3. The molecule has 6 nitrogen and oxygen atoms in total. The molecule has 1 amide bonds. The number of fused-ring (bicyclic) bond motifs is 1. The average Bonchev–Trinajstić information content (AvgIpc) is 3.29. The SMILES string of the molecule is CCC(CC)CNC(=O)c1ccc2c(c1)c(Cc1ccc(C(=O)OC)cc1OC)cn2Cc1ccccc1. The Morgan fingerprint density at radius 3 is 2.32 bits per heavy atom. The van der Waals surface area contributed by atoms with Crippen molar-refractivity contribution in [2.24, 2.45) is 5.92 Å². The second kappa shape index (κ2) is 12.5. The number of hydrogen-bond acceptors (Lipinski definition) is 4. The smallest absolute Gasteiger partial charge is 0.337 e. The molecular weight excluding hydrogens is 476 g/mol. The maximum Gasteiger partial charge on any atom is 0.337 e. The zero-order chi connectivity index (χ0) is 27.1. The number of amides is 1. The number of nitrogens with zero attached hydrogens (tertiary/aromatic N) is 1. The van der Waals surface area contributed by atoms with Gasteiger partial charge in [0.25, 0.3) is 5.91 Å². The molecule has 4 rings (SSSR count). The summed E-state index contributed by atoms with van der Waals surface area (Å²) in [6.45, 7) is 5.70. The van der Waals surface area contributed by atoms with Crippen LogP contribution < -0.4 is 10.1 Å². The van der Waals surface area contributed by atoms with Gasteiger partial charge in [-0.25, -0.2) is 4.79 Å². The molecule has 1 N–H and O–H groups in total. The molecule has 0 bridgehead atoms. The van der Waals surface area contributed by atoms with Crippen LogP contribution in [-0.4, -0.2) is 37.2 Å². The average molecular weight is 513 g/mol. The van der Waals surface area contributed by atoms with Crippen molar-refractivity contribution in [1.82, 2.24) is 9.88 Å². The topological polar surface area (TPSA) is 69.6 Å². The highest BCUT2D eigenvalue weighted by molar-refractivity contribution is 5.99. The van der Waals surface area contributed by atoms with E-state index >= 15 is 0 Å². The first-order valence-electron chi connectivity index (χ1n) is 13.2. The molecule has 198 valence electrons. The van der Waals surface area contributed by atoms with Gasteiger partial charge in [0.2, 0.25) is 0 Å². The van der Waals surface area contributed by atoms with Crippen molar-refractivity contribution < 1.29 is 19.1 Å². The minimum Gasteiger partial charge on any atom is -0.496 e. The Bertz CT molecular complexity index is 1400. The van der Waals surface area contributed by atoms with E-state index in [0.29, 0.717) is 35.8 Å². The number of aromatic nitrogens is 1. The van der Waals surface area contributed by atoms with E-state index in [1.165, 1.54) is 12.7 Å². The van der Waals surface area contributed by atoms with Crippen LogP contribution >= 0.6 is 0 Å². The van der Waals surface area contributed by atoms with Crippen LogP contribution in [0, 0.1) is 5.92 Å². The monoisotopic (exact) mass is 512 g/mol. The van der Waals surface area contributed by atoms with Gasteiger partial charge in [0.1, 0.15) is 5.75 Å². The van der Waals surface area contributed by atoms with Crippen molar-refractivity contribution in [2.45, 2.75) is 39.7 Å². The minimum atomic E-state index is -0.404. The minimum absolute atomic E-state index is 0.0550. The van der Waals surface area contributed by atoms with E-state index in [0.717, 1.165) is 41.4 Å². The predicted octanol–water partition coefficient (Wildman–Crippen LogP) is 6.24. The summed E-state index contributed by atoms with van der Waals surface area (Å²) < 4.78 is 12.7. The summed E-state index contributed by atoms with van der Waals surface area (Å²) in [6, 6.07) is 21.6. The highest BCUT2D eigenvalue weighted by Crippen LogP contribution is 2.30. The Balaban J connectivity index is 1.72. The van der Waals surface area contributed by atoms with E-state index in [-0.39, 0.29) is 5.91 Å². The van der Waals surface area contributed by atoms with Crippen molar-refractivity contribution in [1.29, 1.82) is 0 Å². The number of esters is 1. The van der Waals surface area contributed by atoms with Crippen molar-refractivity contribution in [3.63, 3.8) is 0 Å². The molecule has 1 aromatic heterocycles. The zero-order valence-electron chi connectivity index (χ0n) is 22.6. The summed E-state index contributed by atoms with van der Waals surface area (Å²) in [4.78, 5) is 25.1. The highest BCUT2D eigenvalue weighted by Gasteiger charge is 2.17. The lowest BCUT2D eigenvalue weighted by atomic mass is 10.0. The largest absolute Gasteiger partial charge is 0.496 e. The number of carbonyl (C=O) groups is 2. The second-order valence-electron chi connectivity index (χ2n) is 9.59.